The van der Waals surface area contributed by atoms with E-state index in [1.807, 2.05) is 6.08 Å². The Kier molecular flexibility index (Phi) is 47.7. The van der Waals surface area contributed by atoms with Crippen molar-refractivity contribution < 1.29 is 64.6 Å². The summed E-state index contributed by atoms with van der Waals surface area (Å²) < 4.78 is 22.8. The van der Waals surface area contributed by atoms with E-state index in [0.717, 1.165) is 77.0 Å². The van der Waals surface area contributed by atoms with Gasteiger partial charge in [0.1, 0.15) is 48.8 Å². The molecule has 14 nitrogen and oxygen atoms in total. The van der Waals surface area contributed by atoms with E-state index in [4.69, 9.17) is 18.9 Å². The number of aliphatic hydroxyl groups is 8. The molecule has 470 valence electrons. The van der Waals surface area contributed by atoms with Crippen molar-refractivity contribution in [3.05, 3.63) is 72.9 Å². The van der Waals surface area contributed by atoms with E-state index in [9.17, 15) is 45.6 Å². The number of unbranched alkanes of at least 4 members (excludes halogenated alkanes) is 29. The highest BCUT2D eigenvalue weighted by molar-refractivity contribution is 5.76. The number of amides is 1. The summed E-state index contributed by atoms with van der Waals surface area (Å²) in [6.07, 6.45) is 52.3. The highest BCUT2D eigenvalue weighted by Gasteiger charge is 2.51. The number of hydrogen-bond donors (Lipinski definition) is 9. The van der Waals surface area contributed by atoms with Gasteiger partial charge in [-0.3, -0.25) is 4.79 Å². The Morgan fingerprint density at radius 1 is 0.444 bits per heavy atom. The number of aliphatic hydroxyl groups excluding tert-OH is 8. The summed E-state index contributed by atoms with van der Waals surface area (Å²) in [6, 6.07) is -0.950. The molecule has 0 aliphatic carbocycles. The van der Waals surface area contributed by atoms with Gasteiger partial charge in [0.15, 0.2) is 12.6 Å². The molecule has 0 radical (unpaired) electrons. The van der Waals surface area contributed by atoms with E-state index < -0.39 is 86.8 Å². The Morgan fingerprint density at radius 3 is 1.30 bits per heavy atom. The smallest absolute Gasteiger partial charge is 0.220 e. The summed E-state index contributed by atoms with van der Waals surface area (Å²) in [4.78, 5) is 13.3. The Balaban J connectivity index is 1.76. The van der Waals surface area contributed by atoms with Crippen molar-refractivity contribution in [3.63, 3.8) is 0 Å². The van der Waals surface area contributed by atoms with Gasteiger partial charge in [-0.05, 0) is 83.5 Å². The lowest BCUT2D eigenvalue weighted by Gasteiger charge is -2.46. The third kappa shape index (κ3) is 36.8. The van der Waals surface area contributed by atoms with Crippen molar-refractivity contribution in [2.45, 2.75) is 325 Å². The van der Waals surface area contributed by atoms with Crippen LogP contribution in [0.15, 0.2) is 72.9 Å². The van der Waals surface area contributed by atoms with Gasteiger partial charge < -0.3 is 65.1 Å². The number of nitrogens with one attached hydrogen (secondary N) is 1. The lowest BCUT2D eigenvalue weighted by molar-refractivity contribution is -0.359. The fourth-order valence-corrected chi connectivity index (χ4v) is 10.3. The van der Waals surface area contributed by atoms with Crippen LogP contribution in [-0.2, 0) is 23.7 Å². The predicted octanol–water partition coefficient (Wildman–Crippen LogP) is 12.3. The molecule has 2 saturated heterocycles. The molecule has 2 aliphatic rings. The maximum absolute atomic E-state index is 13.3. The quantitative estimate of drug-likeness (QED) is 0.0204. The first-order chi connectivity index (χ1) is 39.6. The number of ether oxygens (including phenoxy) is 4. The molecule has 0 saturated carbocycles. The van der Waals surface area contributed by atoms with Crippen LogP contribution in [0, 0.1) is 0 Å². The first-order valence-corrected chi connectivity index (χ1v) is 32.7. The van der Waals surface area contributed by atoms with Crippen molar-refractivity contribution in [2.75, 3.05) is 19.8 Å². The minimum atomic E-state index is -1.80. The topological polar surface area (TPSA) is 228 Å². The summed E-state index contributed by atoms with van der Waals surface area (Å²) in [6.45, 7) is 2.77. The number of rotatable bonds is 52. The third-order valence-corrected chi connectivity index (χ3v) is 15.6. The van der Waals surface area contributed by atoms with Crippen molar-refractivity contribution >= 4 is 5.91 Å². The Bertz CT molecular complexity index is 1630. The molecule has 2 aliphatic heterocycles. The lowest BCUT2D eigenvalue weighted by Crippen LogP contribution is -2.65. The van der Waals surface area contributed by atoms with E-state index in [1.165, 1.54) is 141 Å². The van der Waals surface area contributed by atoms with Crippen LogP contribution >= 0.6 is 0 Å². The Hall–Kier alpha value is -2.57. The van der Waals surface area contributed by atoms with Crippen LogP contribution in [0.3, 0.4) is 0 Å². The predicted molar refractivity (Wildman–Crippen MR) is 327 cm³/mol. The first-order valence-electron chi connectivity index (χ1n) is 32.7. The molecule has 1 amide bonds. The van der Waals surface area contributed by atoms with E-state index >= 15 is 0 Å². The molecule has 2 fully saturated rings. The van der Waals surface area contributed by atoms with Crippen LogP contribution in [-0.4, -0.2) is 140 Å². The summed E-state index contributed by atoms with van der Waals surface area (Å²) in [5.74, 6) is -0.266. The van der Waals surface area contributed by atoms with Gasteiger partial charge in [0.05, 0.1) is 32.0 Å². The molecule has 9 N–H and O–H groups in total. The van der Waals surface area contributed by atoms with Crippen LogP contribution in [0.5, 0.6) is 0 Å². The molecule has 81 heavy (non-hydrogen) atoms. The zero-order chi connectivity index (χ0) is 58.8. The van der Waals surface area contributed by atoms with Crippen LogP contribution in [0.4, 0.5) is 0 Å². The molecule has 12 atom stereocenters. The van der Waals surface area contributed by atoms with E-state index in [0.29, 0.717) is 12.8 Å². The summed E-state index contributed by atoms with van der Waals surface area (Å²) >= 11 is 0. The van der Waals surface area contributed by atoms with E-state index in [1.54, 1.807) is 6.08 Å². The monoisotopic (exact) mass is 1150 g/mol. The molecular weight excluding hydrogens is 1030 g/mol. The molecule has 14 heteroatoms. The van der Waals surface area contributed by atoms with Gasteiger partial charge in [0.2, 0.25) is 5.91 Å². The number of carbonyl (C=O) groups excluding carboxylic acids is 1. The molecule has 0 aromatic carbocycles. The standard InChI is InChI=1S/C67H119NO13/c1-3-5-7-9-11-13-15-17-19-21-23-25-26-27-28-29-31-32-34-36-38-40-42-44-46-48-50-56(71)55(54-78-66-64(77)62(75)65(58(53-70)80-66)81-67-63(76)61(74)60(73)57(52-69)79-67)68-59(72)51-49-47-45-43-41-39-37-35-33-30-24-22-20-18-16-14-12-10-8-6-4-2/h16,18,22,24,32-35,40,42,48,50,55-58,60-67,69-71,73-77H,3-15,17,19-21,23,25-31,36-39,41,43-47,49,51-54H2,1-2H3,(H,68,72)/b18-16-,24-22-,34-32+,35-33-,42-40+,50-48+. The van der Waals surface area contributed by atoms with Crippen molar-refractivity contribution in [1.29, 1.82) is 0 Å². The molecule has 0 spiro atoms. The number of carbonyl (C=O) groups is 1. The highest BCUT2D eigenvalue weighted by Crippen LogP contribution is 2.30. The second-order valence-corrected chi connectivity index (χ2v) is 22.9. The fourth-order valence-electron chi connectivity index (χ4n) is 10.3. The normalized spacial score (nSPS) is 24.6. The van der Waals surface area contributed by atoms with Crippen LogP contribution in [0.1, 0.15) is 251 Å². The van der Waals surface area contributed by atoms with Crippen LogP contribution < -0.4 is 5.32 Å². The molecule has 0 aromatic heterocycles. The van der Waals surface area contributed by atoms with Gasteiger partial charge in [-0.25, -0.2) is 0 Å². The molecular formula is C67H119NO13. The molecule has 2 rings (SSSR count). The van der Waals surface area contributed by atoms with Crippen molar-refractivity contribution in [2.24, 2.45) is 0 Å². The molecule has 0 aromatic rings. The van der Waals surface area contributed by atoms with E-state index in [-0.39, 0.29) is 18.9 Å². The van der Waals surface area contributed by atoms with Gasteiger partial charge in [-0.2, -0.15) is 0 Å². The second-order valence-electron chi connectivity index (χ2n) is 22.9. The van der Waals surface area contributed by atoms with Gasteiger partial charge in [0, 0.05) is 6.42 Å². The van der Waals surface area contributed by atoms with Crippen LogP contribution in [0.25, 0.3) is 0 Å². The largest absolute Gasteiger partial charge is 0.394 e. The highest BCUT2D eigenvalue weighted by atomic mass is 16.7. The zero-order valence-electron chi connectivity index (χ0n) is 50.8. The summed E-state index contributed by atoms with van der Waals surface area (Å²) in [5, 5.41) is 87.2. The van der Waals surface area contributed by atoms with Crippen LogP contribution in [0.2, 0.25) is 0 Å². The summed E-state index contributed by atoms with van der Waals surface area (Å²) in [7, 11) is 0. The fraction of sp³-hybridized carbons (Fsp3) is 0.806. The average Bonchev–Trinajstić information content (AvgIpc) is 3.47. The Morgan fingerprint density at radius 2 is 0.827 bits per heavy atom. The molecule has 0 bridgehead atoms. The minimum Gasteiger partial charge on any atom is -0.394 e. The number of allylic oxidation sites excluding steroid dienone is 11. The van der Waals surface area contributed by atoms with Crippen molar-refractivity contribution in [3.8, 4) is 0 Å². The average molecular weight is 1150 g/mol. The molecule has 12 unspecified atom stereocenters. The minimum absolute atomic E-state index is 0.252. The van der Waals surface area contributed by atoms with Gasteiger partial charge in [-0.1, -0.05) is 234 Å². The number of hydrogen-bond acceptors (Lipinski definition) is 13. The maximum atomic E-state index is 13.3. The maximum Gasteiger partial charge on any atom is 0.220 e. The second kappa shape index (κ2) is 51.8. The lowest BCUT2D eigenvalue weighted by atomic mass is 9.97. The van der Waals surface area contributed by atoms with Crippen molar-refractivity contribution in [1.82, 2.24) is 5.32 Å². The SMILES string of the molecule is CCCCCCC/C=C\C/C=C\C/C=C\CCCCCCCCC(=O)NC(COC1OC(CO)C(OC2OC(CO)C(O)C(O)C2O)C(O)C1O)C(O)/C=C/CC/C=C/CC/C=C/CCCCCCCCCCCCCCCCCC. The third-order valence-electron chi connectivity index (χ3n) is 15.6. The molecule has 2 heterocycles. The summed E-state index contributed by atoms with van der Waals surface area (Å²) in [5.41, 5.74) is 0. The Labute approximate surface area is 491 Å². The van der Waals surface area contributed by atoms with Gasteiger partial charge in [-0.15, -0.1) is 0 Å². The zero-order valence-corrected chi connectivity index (χ0v) is 50.8. The van der Waals surface area contributed by atoms with Gasteiger partial charge in [0.25, 0.3) is 0 Å². The van der Waals surface area contributed by atoms with E-state index in [2.05, 4.69) is 79.9 Å². The first kappa shape index (κ1) is 74.5. The van der Waals surface area contributed by atoms with Gasteiger partial charge >= 0.3 is 0 Å².